The summed E-state index contributed by atoms with van der Waals surface area (Å²) in [7, 11) is -1.35. The maximum absolute atomic E-state index is 9.80. The summed E-state index contributed by atoms with van der Waals surface area (Å²) in [6.07, 6.45) is 5.28. The van der Waals surface area contributed by atoms with Crippen LogP contribution >= 0.6 is 8.38 Å². The highest BCUT2D eigenvalue weighted by Crippen LogP contribution is 2.36. The zero-order valence-corrected chi connectivity index (χ0v) is 10.6. The third-order valence-electron chi connectivity index (χ3n) is 3.55. The van der Waals surface area contributed by atoms with Gasteiger partial charge in [0, 0.05) is 13.1 Å². The fraction of sp³-hybridized carbons (Fsp3) is 1.00. The van der Waals surface area contributed by atoms with Crippen LogP contribution in [0.25, 0.3) is 0 Å². The van der Waals surface area contributed by atoms with Crippen molar-refractivity contribution in [3.63, 3.8) is 0 Å². The number of rotatable bonds is 5. The maximum Gasteiger partial charge on any atom is 0.164 e. The third-order valence-corrected chi connectivity index (χ3v) is 4.07. The van der Waals surface area contributed by atoms with E-state index in [2.05, 4.69) is 0 Å². The first-order chi connectivity index (χ1) is 7.65. The Labute approximate surface area is 97.9 Å². The lowest BCUT2D eigenvalue weighted by atomic mass is 9.81. The van der Waals surface area contributed by atoms with Crippen molar-refractivity contribution < 1.29 is 19.3 Å². The van der Waals surface area contributed by atoms with Gasteiger partial charge < -0.3 is 19.3 Å². The largest absolute Gasteiger partial charge is 0.390 e. The Kier molecular flexibility index (Phi) is 4.57. The van der Waals surface area contributed by atoms with E-state index in [1.54, 1.807) is 6.66 Å². The van der Waals surface area contributed by atoms with Crippen LogP contribution in [0, 0.1) is 5.92 Å². The second-order valence-corrected chi connectivity index (χ2v) is 6.08. The Morgan fingerprint density at radius 3 is 2.75 bits per heavy atom. The molecule has 0 aromatic heterocycles. The first-order valence-electron chi connectivity index (χ1n) is 6.04. The minimum Gasteiger partial charge on any atom is -0.390 e. The van der Waals surface area contributed by atoms with Crippen molar-refractivity contribution in [1.29, 1.82) is 0 Å². The molecule has 1 aliphatic carbocycles. The van der Waals surface area contributed by atoms with Crippen molar-refractivity contribution in [1.82, 2.24) is 0 Å². The molecule has 0 aromatic carbocycles. The van der Waals surface area contributed by atoms with Crippen molar-refractivity contribution in [2.75, 3.05) is 13.3 Å². The molecule has 4 atom stereocenters. The molecule has 5 heteroatoms. The predicted molar refractivity (Wildman–Crippen MR) is 62.3 cm³/mol. The monoisotopic (exact) mass is 248 g/mol. The lowest BCUT2D eigenvalue weighted by Crippen LogP contribution is -2.25. The van der Waals surface area contributed by atoms with E-state index in [1.165, 1.54) is 19.3 Å². The topological polar surface area (TPSA) is 58.9 Å². The van der Waals surface area contributed by atoms with Gasteiger partial charge in [0.25, 0.3) is 0 Å². The molecule has 1 saturated heterocycles. The highest BCUT2D eigenvalue weighted by atomic mass is 31.2. The third kappa shape index (κ3) is 3.38. The summed E-state index contributed by atoms with van der Waals surface area (Å²) >= 11 is 0. The maximum atomic E-state index is 9.80. The van der Waals surface area contributed by atoms with Crippen LogP contribution in [0.4, 0.5) is 0 Å². The quantitative estimate of drug-likeness (QED) is 0.726. The van der Waals surface area contributed by atoms with Crippen LogP contribution in [-0.4, -0.2) is 41.6 Å². The first-order valence-corrected chi connectivity index (χ1v) is 7.70. The van der Waals surface area contributed by atoms with E-state index in [4.69, 9.17) is 14.2 Å². The summed E-state index contributed by atoms with van der Waals surface area (Å²) in [5.74, 6) is 0.804. The highest BCUT2D eigenvalue weighted by Gasteiger charge is 2.36. The number of aliphatic hydroxyl groups excluding tert-OH is 1. The molecule has 1 saturated carbocycles. The molecule has 0 amide bonds. The van der Waals surface area contributed by atoms with Crippen molar-refractivity contribution in [2.24, 2.45) is 5.92 Å². The van der Waals surface area contributed by atoms with Gasteiger partial charge in [-0.15, -0.1) is 0 Å². The van der Waals surface area contributed by atoms with E-state index in [0.29, 0.717) is 6.61 Å². The number of hydrogen-bond acceptors (Lipinski definition) is 4. The Balaban J connectivity index is 1.70. The summed E-state index contributed by atoms with van der Waals surface area (Å²) in [5, 5.41) is 9.80. The van der Waals surface area contributed by atoms with Crippen LogP contribution in [0.3, 0.4) is 0 Å². The van der Waals surface area contributed by atoms with Gasteiger partial charge in [-0.1, -0.05) is 19.3 Å². The van der Waals surface area contributed by atoms with E-state index < -0.39 is 14.5 Å². The fourth-order valence-corrected chi connectivity index (χ4v) is 2.76. The zero-order chi connectivity index (χ0) is 11.5. The molecule has 0 bridgehead atoms. The molecule has 2 aliphatic rings. The number of aliphatic hydroxyl groups is 1. The van der Waals surface area contributed by atoms with Crippen molar-refractivity contribution in [2.45, 2.75) is 50.4 Å². The Bertz CT molecular complexity index is 220. The molecule has 2 rings (SSSR count). The molecule has 0 radical (unpaired) electrons. The van der Waals surface area contributed by atoms with Crippen molar-refractivity contribution in [3.05, 3.63) is 0 Å². The molecule has 1 heterocycles. The van der Waals surface area contributed by atoms with E-state index in [0.717, 1.165) is 18.8 Å². The summed E-state index contributed by atoms with van der Waals surface area (Å²) < 4.78 is 10.9. The fourth-order valence-electron chi connectivity index (χ4n) is 2.40. The molecular weight excluding hydrogens is 227 g/mol. The molecule has 1 aliphatic heterocycles. The number of ether oxygens (including phenoxy) is 1. The summed E-state index contributed by atoms with van der Waals surface area (Å²) in [5.41, 5.74) is 0. The van der Waals surface area contributed by atoms with Gasteiger partial charge >= 0.3 is 0 Å². The average molecular weight is 248 g/mol. The lowest BCUT2D eigenvalue weighted by Gasteiger charge is -2.27. The van der Waals surface area contributed by atoms with Crippen molar-refractivity contribution in [3.8, 4) is 0 Å². The van der Waals surface area contributed by atoms with Crippen LogP contribution in [0.15, 0.2) is 0 Å². The minimum atomic E-state index is -1.35. The molecule has 94 valence electrons. The van der Waals surface area contributed by atoms with Gasteiger partial charge in [0.15, 0.2) is 8.38 Å². The van der Waals surface area contributed by atoms with Gasteiger partial charge in [0.2, 0.25) is 0 Å². The molecule has 2 fully saturated rings. The van der Waals surface area contributed by atoms with E-state index in [9.17, 15) is 5.11 Å². The van der Waals surface area contributed by atoms with Crippen LogP contribution in [0.2, 0.25) is 0 Å². The second kappa shape index (κ2) is 5.74. The molecule has 2 N–H and O–H groups in total. The van der Waals surface area contributed by atoms with Gasteiger partial charge in [0.05, 0.1) is 18.8 Å². The second-order valence-electron chi connectivity index (χ2n) is 4.89. The average Bonchev–Trinajstić information content (AvgIpc) is 2.50. The summed E-state index contributed by atoms with van der Waals surface area (Å²) in [4.78, 5) is 9.06. The van der Waals surface area contributed by atoms with Crippen LogP contribution in [-0.2, 0) is 9.26 Å². The standard InChI is InChI=1S/C11H21O4P/c1-16(13)14-7-11-10(12)6-9(15-11)5-8-3-2-4-8/h8-13H,2-7H2,1H3/t9-,10?,11+,16?/m0/s1. The Hall–Kier alpha value is 0.270. The van der Waals surface area contributed by atoms with Crippen molar-refractivity contribution >= 4 is 8.38 Å². The SMILES string of the molecule is CP(O)OC[C@H]1O[C@@H](CC2CCC2)CC1O. The van der Waals surface area contributed by atoms with E-state index >= 15 is 0 Å². The van der Waals surface area contributed by atoms with Crippen LogP contribution in [0.5, 0.6) is 0 Å². The van der Waals surface area contributed by atoms with E-state index in [1.807, 2.05) is 0 Å². The van der Waals surface area contributed by atoms with Gasteiger partial charge in [-0.25, -0.2) is 0 Å². The van der Waals surface area contributed by atoms with Gasteiger partial charge in [-0.2, -0.15) is 0 Å². The minimum absolute atomic E-state index is 0.190. The highest BCUT2D eigenvalue weighted by molar-refractivity contribution is 7.45. The van der Waals surface area contributed by atoms with Crippen LogP contribution in [0.1, 0.15) is 32.1 Å². The Morgan fingerprint density at radius 2 is 2.19 bits per heavy atom. The normalized spacial score (nSPS) is 37.3. The van der Waals surface area contributed by atoms with Gasteiger partial charge in [0.1, 0.15) is 6.10 Å². The molecule has 0 spiro atoms. The molecule has 4 nitrogen and oxygen atoms in total. The predicted octanol–water partition coefficient (Wildman–Crippen LogP) is 1.65. The molecule has 16 heavy (non-hydrogen) atoms. The smallest absolute Gasteiger partial charge is 0.164 e. The lowest BCUT2D eigenvalue weighted by molar-refractivity contribution is -0.0245. The Morgan fingerprint density at radius 1 is 1.44 bits per heavy atom. The summed E-state index contributed by atoms with van der Waals surface area (Å²) in [6, 6.07) is 0. The summed E-state index contributed by atoms with van der Waals surface area (Å²) in [6.45, 7) is 1.93. The van der Waals surface area contributed by atoms with E-state index in [-0.39, 0.29) is 12.2 Å². The van der Waals surface area contributed by atoms with Gasteiger partial charge in [-0.3, -0.25) is 0 Å². The van der Waals surface area contributed by atoms with Crippen LogP contribution < -0.4 is 0 Å². The molecular formula is C11H21O4P. The first kappa shape index (κ1) is 12.7. The molecule has 2 unspecified atom stereocenters. The molecule has 0 aromatic rings. The van der Waals surface area contributed by atoms with Gasteiger partial charge in [-0.05, 0) is 12.3 Å². The number of hydrogen-bond donors (Lipinski definition) is 2. The zero-order valence-electron chi connectivity index (χ0n) is 9.71.